The molecule has 0 aliphatic carbocycles. The van der Waals surface area contributed by atoms with Gasteiger partial charge in [0.05, 0.1) is 12.6 Å². The molecular formula is C14H25N5O. The molecule has 1 amide bonds. The number of rotatable bonds is 4. The summed E-state index contributed by atoms with van der Waals surface area (Å²) in [5.74, 6) is 0.767. The molecule has 6 heteroatoms. The van der Waals surface area contributed by atoms with Crippen LogP contribution in [0.25, 0.3) is 0 Å². The summed E-state index contributed by atoms with van der Waals surface area (Å²) < 4.78 is 1.95. The van der Waals surface area contributed by atoms with Crippen LogP contribution in [0.1, 0.15) is 32.7 Å². The van der Waals surface area contributed by atoms with Crippen LogP contribution >= 0.6 is 0 Å². The van der Waals surface area contributed by atoms with E-state index >= 15 is 0 Å². The van der Waals surface area contributed by atoms with Crippen LogP contribution in [0.2, 0.25) is 0 Å². The van der Waals surface area contributed by atoms with E-state index in [1.165, 1.54) is 0 Å². The summed E-state index contributed by atoms with van der Waals surface area (Å²) in [5.41, 5.74) is 5.65. The van der Waals surface area contributed by atoms with Crippen molar-refractivity contribution in [3.05, 3.63) is 12.3 Å². The number of carbonyl (C=O) groups excluding carboxylic acids is 1. The van der Waals surface area contributed by atoms with E-state index in [-0.39, 0.29) is 11.9 Å². The second-order valence-corrected chi connectivity index (χ2v) is 5.83. The molecule has 20 heavy (non-hydrogen) atoms. The van der Waals surface area contributed by atoms with E-state index < -0.39 is 0 Å². The summed E-state index contributed by atoms with van der Waals surface area (Å²) in [6.07, 6.45) is 3.97. The third-order valence-corrected chi connectivity index (χ3v) is 4.09. The molecule has 0 bridgehead atoms. The number of likely N-dealkylation sites (N-methyl/N-ethyl adjacent to an activating group) is 1. The molecule has 0 saturated carbocycles. The molecule has 0 atom stereocenters. The average Bonchev–Trinajstić information content (AvgIpc) is 2.85. The largest absolute Gasteiger partial charge is 0.382 e. The van der Waals surface area contributed by atoms with Crippen molar-refractivity contribution in [3.63, 3.8) is 0 Å². The van der Waals surface area contributed by atoms with Crippen molar-refractivity contribution in [2.24, 2.45) is 0 Å². The Morgan fingerprint density at radius 3 is 2.65 bits per heavy atom. The molecule has 1 aromatic rings. The maximum absolute atomic E-state index is 12.1. The highest BCUT2D eigenvalue weighted by Gasteiger charge is 2.23. The number of anilines is 1. The average molecular weight is 279 g/mol. The van der Waals surface area contributed by atoms with Gasteiger partial charge < -0.3 is 10.6 Å². The van der Waals surface area contributed by atoms with Crippen molar-refractivity contribution in [2.45, 2.75) is 38.8 Å². The molecule has 6 nitrogen and oxygen atoms in total. The first-order valence-corrected chi connectivity index (χ1v) is 7.26. The molecule has 0 aromatic carbocycles. The predicted molar refractivity (Wildman–Crippen MR) is 79.3 cm³/mol. The Bertz CT molecular complexity index is 448. The molecule has 1 aliphatic heterocycles. The molecule has 0 unspecified atom stereocenters. The number of nitrogens with zero attached hydrogens (tertiary/aromatic N) is 4. The second kappa shape index (κ2) is 6.26. The van der Waals surface area contributed by atoms with E-state index in [1.807, 2.05) is 37.8 Å². The Morgan fingerprint density at radius 1 is 1.50 bits per heavy atom. The lowest BCUT2D eigenvalue weighted by Gasteiger charge is -2.33. The fraction of sp³-hybridized carbons (Fsp3) is 0.714. The first kappa shape index (κ1) is 14.8. The Labute approximate surface area is 120 Å². The van der Waals surface area contributed by atoms with Crippen molar-refractivity contribution < 1.29 is 4.79 Å². The van der Waals surface area contributed by atoms with Crippen molar-refractivity contribution in [1.82, 2.24) is 19.6 Å². The van der Waals surface area contributed by atoms with Crippen LogP contribution in [0, 0.1) is 0 Å². The zero-order valence-electron chi connectivity index (χ0n) is 12.6. The number of carbonyl (C=O) groups is 1. The normalized spacial score (nSPS) is 17.6. The van der Waals surface area contributed by atoms with Crippen molar-refractivity contribution in [2.75, 3.05) is 32.4 Å². The minimum atomic E-state index is 0.196. The van der Waals surface area contributed by atoms with Crippen LogP contribution in [0.4, 0.5) is 5.82 Å². The van der Waals surface area contributed by atoms with E-state index in [9.17, 15) is 4.79 Å². The van der Waals surface area contributed by atoms with Gasteiger partial charge in [-0.1, -0.05) is 0 Å². The number of nitrogen functional groups attached to an aromatic ring is 1. The Balaban J connectivity index is 1.81. The molecular weight excluding hydrogens is 254 g/mol. The van der Waals surface area contributed by atoms with Gasteiger partial charge in [0.1, 0.15) is 5.82 Å². The summed E-state index contributed by atoms with van der Waals surface area (Å²) in [6, 6.07) is 2.49. The van der Waals surface area contributed by atoms with Gasteiger partial charge in [0.15, 0.2) is 0 Å². The third kappa shape index (κ3) is 3.50. The highest BCUT2D eigenvalue weighted by atomic mass is 16.2. The SMILES string of the molecule is CC(C)N(C)C(=O)CN1CCC(n2ccc(N)n2)CC1. The summed E-state index contributed by atoms with van der Waals surface area (Å²) in [7, 11) is 1.87. The molecule has 2 rings (SSSR count). The number of hydrogen-bond donors (Lipinski definition) is 1. The maximum atomic E-state index is 12.1. The van der Waals surface area contributed by atoms with Gasteiger partial charge in [-0.15, -0.1) is 0 Å². The number of piperidine rings is 1. The number of likely N-dealkylation sites (tertiary alicyclic amines) is 1. The molecule has 112 valence electrons. The minimum Gasteiger partial charge on any atom is -0.382 e. The smallest absolute Gasteiger partial charge is 0.236 e. The van der Waals surface area contributed by atoms with Gasteiger partial charge in [0, 0.05) is 32.4 Å². The number of nitrogens with two attached hydrogens (primary N) is 1. The molecule has 1 aromatic heterocycles. The van der Waals surface area contributed by atoms with Crippen LogP contribution in [-0.4, -0.2) is 58.2 Å². The predicted octanol–water partition coefficient (Wildman–Crippen LogP) is 0.969. The summed E-state index contributed by atoms with van der Waals surface area (Å²) in [4.78, 5) is 16.1. The third-order valence-electron chi connectivity index (χ3n) is 4.09. The first-order valence-electron chi connectivity index (χ1n) is 7.26. The molecule has 1 fully saturated rings. The lowest BCUT2D eigenvalue weighted by atomic mass is 10.1. The fourth-order valence-electron chi connectivity index (χ4n) is 2.49. The zero-order chi connectivity index (χ0) is 14.7. The van der Waals surface area contributed by atoms with Crippen LogP contribution in [0.3, 0.4) is 0 Å². The Morgan fingerprint density at radius 2 is 2.15 bits per heavy atom. The minimum absolute atomic E-state index is 0.196. The Kier molecular flexibility index (Phi) is 4.65. The van der Waals surface area contributed by atoms with Gasteiger partial charge in [0.2, 0.25) is 5.91 Å². The fourth-order valence-corrected chi connectivity index (χ4v) is 2.49. The summed E-state index contributed by atoms with van der Waals surface area (Å²) >= 11 is 0. The van der Waals surface area contributed by atoms with Crippen molar-refractivity contribution >= 4 is 11.7 Å². The van der Waals surface area contributed by atoms with Gasteiger partial charge in [-0.2, -0.15) is 5.10 Å². The van der Waals surface area contributed by atoms with Crippen LogP contribution in [-0.2, 0) is 4.79 Å². The quantitative estimate of drug-likeness (QED) is 0.892. The molecule has 0 radical (unpaired) electrons. The lowest BCUT2D eigenvalue weighted by molar-refractivity contribution is -0.132. The van der Waals surface area contributed by atoms with Gasteiger partial charge in [-0.05, 0) is 32.8 Å². The van der Waals surface area contributed by atoms with Crippen molar-refractivity contribution in [1.29, 1.82) is 0 Å². The standard InChI is InChI=1S/C14H25N5O/c1-11(2)17(3)14(20)10-18-7-4-12(5-8-18)19-9-6-13(15)16-19/h6,9,11-12H,4-5,7-8,10H2,1-3H3,(H2,15,16). The maximum Gasteiger partial charge on any atom is 0.236 e. The molecule has 0 spiro atoms. The van der Waals surface area contributed by atoms with Gasteiger partial charge in [0.25, 0.3) is 0 Å². The van der Waals surface area contributed by atoms with Crippen molar-refractivity contribution in [3.8, 4) is 0 Å². The Hall–Kier alpha value is -1.56. The molecule has 1 saturated heterocycles. The number of aromatic nitrogens is 2. The molecule has 2 N–H and O–H groups in total. The van der Waals surface area contributed by atoms with E-state index in [1.54, 1.807) is 4.90 Å². The molecule has 2 heterocycles. The van der Waals surface area contributed by atoms with Crippen LogP contribution in [0.5, 0.6) is 0 Å². The van der Waals surface area contributed by atoms with Gasteiger partial charge in [-0.3, -0.25) is 14.4 Å². The monoisotopic (exact) mass is 279 g/mol. The number of amides is 1. The zero-order valence-corrected chi connectivity index (χ0v) is 12.6. The van der Waals surface area contributed by atoms with Gasteiger partial charge >= 0.3 is 0 Å². The summed E-state index contributed by atoms with van der Waals surface area (Å²) in [6.45, 7) is 6.45. The highest BCUT2D eigenvalue weighted by Crippen LogP contribution is 2.22. The van der Waals surface area contributed by atoms with Gasteiger partial charge in [-0.25, -0.2) is 0 Å². The number of hydrogen-bond acceptors (Lipinski definition) is 4. The summed E-state index contributed by atoms with van der Waals surface area (Å²) in [5, 5.41) is 4.27. The van der Waals surface area contributed by atoms with Crippen LogP contribution in [0.15, 0.2) is 12.3 Å². The topological polar surface area (TPSA) is 67.4 Å². The first-order chi connectivity index (χ1) is 9.47. The van der Waals surface area contributed by atoms with E-state index in [0.717, 1.165) is 25.9 Å². The van der Waals surface area contributed by atoms with E-state index in [0.29, 0.717) is 18.4 Å². The van der Waals surface area contributed by atoms with E-state index in [2.05, 4.69) is 10.00 Å². The van der Waals surface area contributed by atoms with Crippen LogP contribution < -0.4 is 5.73 Å². The van der Waals surface area contributed by atoms with E-state index in [4.69, 9.17) is 5.73 Å². The second-order valence-electron chi connectivity index (χ2n) is 5.83. The lowest BCUT2D eigenvalue weighted by Crippen LogP contribution is -2.44. The highest BCUT2D eigenvalue weighted by molar-refractivity contribution is 5.78. The molecule has 1 aliphatic rings.